The van der Waals surface area contributed by atoms with E-state index in [-0.39, 0.29) is 50.5 Å². The first kappa shape index (κ1) is 66.4. The number of cyclic esters (lactones) is 2. The van der Waals surface area contributed by atoms with Crippen LogP contribution in [0.3, 0.4) is 0 Å². The Bertz CT molecular complexity index is 2350. The van der Waals surface area contributed by atoms with Gasteiger partial charge in [-0.15, -0.1) is 0 Å². The van der Waals surface area contributed by atoms with Crippen molar-refractivity contribution in [2.24, 2.45) is 29.6 Å². The van der Waals surface area contributed by atoms with Gasteiger partial charge in [0.2, 0.25) is 35.4 Å². The summed E-state index contributed by atoms with van der Waals surface area (Å²) in [4.78, 5) is 148. The average Bonchev–Trinajstić information content (AvgIpc) is 4.10. The minimum atomic E-state index is -1.75. The molecule has 0 aromatic heterocycles. The SMILES string of the molecule is CCC(C)[C@@H]1NC(=O)[C@@H](NC(=O)[C@@H](CC(C)C)N(C)C(=O)C[C@@H]2CCCN2C(=O)[C@H](C)O)[C@@H](C)OC(=O)[C@H](Cc2ccc(OC)cc2)N(C)C(=O)[C@@H]2CCCN2C(=O)[C@H](CC(C)C)NC(=O)[C@@H](C)C(=O)[C@H](C(C)C)OC(=O)C[C@@H]1O. The first-order chi connectivity index (χ1) is 37.5. The molecule has 1 aromatic carbocycles. The number of carbonyl (C=O) groups is 10. The second kappa shape index (κ2) is 30.1. The number of carbonyl (C=O) groups excluding carboxylic acids is 10. The molecule has 3 aliphatic rings. The zero-order valence-corrected chi connectivity index (χ0v) is 49.5. The van der Waals surface area contributed by atoms with Gasteiger partial charge in [0.25, 0.3) is 5.91 Å². The molecule has 0 aliphatic carbocycles. The fourth-order valence-electron chi connectivity index (χ4n) is 10.7. The largest absolute Gasteiger partial charge is 0.497 e. The van der Waals surface area contributed by atoms with Crippen molar-refractivity contribution in [3.63, 3.8) is 0 Å². The zero-order chi connectivity index (χ0) is 60.0. The first-order valence-electron chi connectivity index (χ1n) is 28.5. The quantitative estimate of drug-likeness (QED) is 0.118. The molecule has 448 valence electrons. The number of aliphatic hydroxyl groups excluding tert-OH is 2. The average molecular weight is 1130 g/mol. The third-order valence-corrected chi connectivity index (χ3v) is 15.8. The van der Waals surface area contributed by atoms with E-state index in [0.29, 0.717) is 43.5 Å². The number of methoxy groups -OCH3 is 1. The molecule has 3 aliphatic heterocycles. The van der Waals surface area contributed by atoms with Crippen molar-refractivity contribution >= 4 is 59.1 Å². The van der Waals surface area contributed by atoms with Gasteiger partial charge in [-0.2, -0.15) is 0 Å². The Morgan fingerprint density at radius 1 is 0.863 bits per heavy atom. The van der Waals surface area contributed by atoms with E-state index in [2.05, 4.69) is 16.0 Å². The maximum atomic E-state index is 15.0. The summed E-state index contributed by atoms with van der Waals surface area (Å²) in [6.07, 6.45) is -4.61. The molecule has 3 heterocycles. The van der Waals surface area contributed by atoms with E-state index in [0.717, 1.165) is 0 Å². The number of rotatable bonds is 16. The molecular weight excluding hydrogens is 1030 g/mol. The van der Waals surface area contributed by atoms with Crippen LogP contribution in [0, 0.1) is 29.6 Å². The highest BCUT2D eigenvalue weighted by Crippen LogP contribution is 2.27. The van der Waals surface area contributed by atoms with E-state index in [1.807, 2.05) is 27.7 Å². The van der Waals surface area contributed by atoms with Crippen LogP contribution < -0.4 is 20.7 Å². The molecule has 22 nitrogen and oxygen atoms in total. The highest BCUT2D eigenvalue weighted by molar-refractivity contribution is 6.05. The number of amides is 7. The van der Waals surface area contributed by atoms with Crippen LogP contribution in [0.5, 0.6) is 5.75 Å². The summed E-state index contributed by atoms with van der Waals surface area (Å²) >= 11 is 0. The summed E-state index contributed by atoms with van der Waals surface area (Å²) in [5.41, 5.74) is 0.576. The normalized spacial score (nSPS) is 27.5. The molecule has 0 saturated carbocycles. The Morgan fingerprint density at radius 3 is 2.08 bits per heavy atom. The molecule has 3 saturated heterocycles. The molecule has 7 amide bonds. The maximum Gasteiger partial charge on any atom is 0.329 e. The molecule has 80 heavy (non-hydrogen) atoms. The molecule has 3 fully saturated rings. The van der Waals surface area contributed by atoms with Gasteiger partial charge in [-0.1, -0.05) is 73.9 Å². The molecule has 0 bridgehead atoms. The van der Waals surface area contributed by atoms with Crippen LogP contribution in [0.1, 0.15) is 140 Å². The molecule has 13 atom stereocenters. The molecular formula is C58H91N7O15. The van der Waals surface area contributed by atoms with Crippen molar-refractivity contribution in [3.8, 4) is 5.75 Å². The number of likely N-dealkylation sites (N-methyl/N-ethyl adjacent to an activating group) is 2. The lowest BCUT2D eigenvalue weighted by Crippen LogP contribution is -2.61. The number of aliphatic hydroxyl groups is 2. The Hall–Kier alpha value is -6.16. The van der Waals surface area contributed by atoms with Gasteiger partial charge in [-0.05, 0) is 101 Å². The van der Waals surface area contributed by atoms with Gasteiger partial charge in [0.15, 0.2) is 11.9 Å². The summed E-state index contributed by atoms with van der Waals surface area (Å²) in [7, 11) is 4.33. The molecule has 4 rings (SSSR count). The Balaban J connectivity index is 1.87. The minimum absolute atomic E-state index is 0.104. The Kier molecular flexibility index (Phi) is 24.9. The number of benzene rings is 1. The maximum absolute atomic E-state index is 15.0. The topological polar surface area (TPSA) is 288 Å². The smallest absolute Gasteiger partial charge is 0.329 e. The predicted octanol–water partition coefficient (Wildman–Crippen LogP) is 2.71. The van der Waals surface area contributed by atoms with Crippen molar-refractivity contribution in [2.75, 3.05) is 34.3 Å². The number of esters is 2. The first-order valence-corrected chi connectivity index (χ1v) is 28.5. The van der Waals surface area contributed by atoms with E-state index < -0.39 is 150 Å². The standard InChI is InChI=1S/C58H91N7O15/c1-15-34(8)48-45(67)30-47(69)80-51(33(6)7)50(70)35(9)52(71)59-41(26-31(2)3)56(75)65-25-17-19-42(65)57(76)63(13)44(28-38-20-22-40(78-14)23-21-38)58(77)79-37(11)49(54(73)60-48)61-53(72)43(27-32(4)5)62(12)46(68)29-39-18-16-24-64(39)55(74)36(10)66/h20-23,31-37,39,41-45,48-49,51,66-67H,15-19,24-30H2,1-14H3,(H,59,71)(H,60,73)(H,61,72)/t34?,35-,36-,37+,39-,41-,42-,43+,44-,45-,48-,49-,51-/m0/s1. The lowest BCUT2D eigenvalue weighted by atomic mass is 9.91. The van der Waals surface area contributed by atoms with Crippen LogP contribution in [0.4, 0.5) is 0 Å². The summed E-state index contributed by atoms with van der Waals surface area (Å²) < 4.78 is 17.2. The third-order valence-electron chi connectivity index (χ3n) is 15.8. The number of Topliss-reactive ketones (excluding diaryl/α,β-unsaturated/α-hetero) is 1. The lowest BCUT2D eigenvalue weighted by molar-refractivity contribution is -0.163. The van der Waals surface area contributed by atoms with E-state index in [9.17, 15) is 53.4 Å². The molecule has 0 spiro atoms. The van der Waals surface area contributed by atoms with Crippen molar-refractivity contribution in [1.29, 1.82) is 0 Å². The van der Waals surface area contributed by atoms with Crippen LogP contribution >= 0.6 is 0 Å². The number of nitrogens with zero attached hydrogens (tertiary/aromatic N) is 4. The second-order valence-electron chi connectivity index (χ2n) is 23.4. The van der Waals surface area contributed by atoms with Crippen LogP contribution in [0.15, 0.2) is 24.3 Å². The van der Waals surface area contributed by atoms with Crippen LogP contribution in [0.25, 0.3) is 0 Å². The number of fused-ring (bicyclic) bond motifs is 1. The Morgan fingerprint density at radius 2 is 1.50 bits per heavy atom. The number of hydrogen-bond acceptors (Lipinski definition) is 15. The zero-order valence-electron chi connectivity index (χ0n) is 49.5. The van der Waals surface area contributed by atoms with Gasteiger partial charge in [0.05, 0.1) is 31.6 Å². The van der Waals surface area contributed by atoms with Crippen LogP contribution in [0.2, 0.25) is 0 Å². The fraction of sp³-hybridized carbons (Fsp3) is 0.724. The van der Waals surface area contributed by atoms with Crippen molar-refractivity contribution in [3.05, 3.63) is 29.8 Å². The summed E-state index contributed by atoms with van der Waals surface area (Å²) in [6, 6.07) is -1.63. The van der Waals surface area contributed by atoms with E-state index in [1.165, 1.54) is 61.6 Å². The minimum Gasteiger partial charge on any atom is -0.497 e. The summed E-state index contributed by atoms with van der Waals surface area (Å²) in [5, 5.41) is 30.2. The molecule has 5 N–H and O–H groups in total. The number of likely N-dealkylation sites (tertiary alicyclic amines) is 1. The fourth-order valence-corrected chi connectivity index (χ4v) is 10.7. The van der Waals surface area contributed by atoms with Crippen molar-refractivity contribution in [2.45, 2.75) is 207 Å². The second-order valence-corrected chi connectivity index (χ2v) is 23.4. The number of ether oxygens (including phenoxy) is 3. The number of ketones is 1. The van der Waals surface area contributed by atoms with Gasteiger partial charge < -0.3 is 60.0 Å². The van der Waals surface area contributed by atoms with E-state index >= 15 is 4.79 Å². The van der Waals surface area contributed by atoms with Crippen molar-refractivity contribution in [1.82, 2.24) is 35.6 Å². The lowest BCUT2D eigenvalue weighted by Gasteiger charge is -2.36. The van der Waals surface area contributed by atoms with Crippen molar-refractivity contribution < 1.29 is 72.4 Å². The third kappa shape index (κ3) is 17.4. The monoisotopic (exact) mass is 1130 g/mol. The number of nitrogens with one attached hydrogen (secondary N) is 3. The van der Waals surface area contributed by atoms with Gasteiger partial charge >= 0.3 is 11.9 Å². The van der Waals surface area contributed by atoms with Gasteiger partial charge in [0, 0.05) is 46.1 Å². The summed E-state index contributed by atoms with van der Waals surface area (Å²) in [5.74, 6) is -9.94. The van der Waals surface area contributed by atoms with E-state index in [4.69, 9.17) is 14.2 Å². The molecule has 0 radical (unpaired) electrons. The van der Waals surface area contributed by atoms with Gasteiger partial charge in [-0.25, -0.2) is 4.79 Å². The molecule has 1 aromatic rings. The Labute approximate surface area is 472 Å². The highest BCUT2D eigenvalue weighted by atomic mass is 16.6. The predicted molar refractivity (Wildman–Crippen MR) is 295 cm³/mol. The van der Waals surface area contributed by atoms with Crippen LogP contribution in [-0.2, 0) is 63.8 Å². The number of hydrogen-bond donors (Lipinski definition) is 5. The van der Waals surface area contributed by atoms with E-state index in [1.54, 1.807) is 52.0 Å². The highest BCUT2D eigenvalue weighted by Gasteiger charge is 2.45. The van der Waals surface area contributed by atoms with Gasteiger partial charge in [0.1, 0.15) is 48.2 Å². The van der Waals surface area contributed by atoms with Crippen LogP contribution in [-0.4, -0.2) is 190 Å². The molecule has 1 unspecified atom stereocenters. The van der Waals surface area contributed by atoms with Gasteiger partial charge in [-0.3, -0.25) is 43.2 Å². The summed E-state index contributed by atoms with van der Waals surface area (Å²) in [6.45, 7) is 18.7. The molecule has 22 heteroatoms.